The van der Waals surface area contributed by atoms with Crippen molar-refractivity contribution in [2.24, 2.45) is 17.8 Å². The molecule has 2 saturated heterocycles. The van der Waals surface area contributed by atoms with Crippen LogP contribution in [-0.4, -0.2) is 30.2 Å². The van der Waals surface area contributed by atoms with Crippen LogP contribution in [0.3, 0.4) is 0 Å². The Balaban J connectivity index is 1.28. The van der Waals surface area contributed by atoms with E-state index in [1.54, 1.807) is 30.0 Å². The fourth-order valence-electron chi connectivity index (χ4n) is 5.15. The molecule has 0 spiro atoms. The Kier molecular flexibility index (Phi) is 6.09. The van der Waals surface area contributed by atoms with Gasteiger partial charge in [0.1, 0.15) is 5.75 Å². The fourth-order valence-corrected chi connectivity index (χ4v) is 5.42. The number of nitrogens with zero attached hydrogens (tertiary/aromatic N) is 2. The smallest absolute Gasteiger partial charge is 0.316 e. The summed E-state index contributed by atoms with van der Waals surface area (Å²) in [4.78, 5) is 54.2. The number of fused-ring (bicyclic) bond motifs is 1. The average Bonchev–Trinajstić information content (AvgIpc) is 3.32. The number of anilines is 2. The summed E-state index contributed by atoms with van der Waals surface area (Å²) in [7, 11) is 0. The van der Waals surface area contributed by atoms with Gasteiger partial charge in [0.15, 0.2) is 0 Å². The molecule has 180 valence electrons. The van der Waals surface area contributed by atoms with Gasteiger partial charge in [-0.25, -0.2) is 4.90 Å². The molecule has 5 rings (SSSR count). The van der Waals surface area contributed by atoms with Crippen molar-refractivity contribution in [3.63, 3.8) is 0 Å². The summed E-state index contributed by atoms with van der Waals surface area (Å²) in [6.07, 6.45) is 3.32. The lowest BCUT2D eigenvalue weighted by Gasteiger charge is -2.19. The summed E-state index contributed by atoms with van der Waals surface area (Å²) in [5.41, 5.74) is 3.06. The molecular weight excluding hydrogens is 512 g/mol. The van der Waals surface area contributed by atoms with E-state index in [2.05, 4.69) is 15.9 Å². The summed E-state index contributed by atoms with van der Waals surface area (Å²) < 4.78 is 6.50. The van der Waals surface area contributed by atoms with Gasteiger partial charge in [-0.2, -0.15) is 0 Å². The number of benzene rings is 2. The van der Waals surface area contributed by atoms with Crippen LogP contribution in [-0.2, 0) is 19.2 Å². The number of carbonyl (C=O) groups excluding carboxylic acids is 4. The predicted molar refractivity (Wildman–Crippen MR) is 134 cm³/mol. The Morgan fingerprint density at radius 3 is 2.40 bits per heavy atom. The zero-order valence-electron chi connectivity index (χ0n) is 19.5. The molecule has 2 fully saturated rings. The van der Waals surface area contributed by atoms with Crippen molar-refractivity contribution in [1.29, 1.82) is 0 Å². The summed E-state index contributed by atoms with van der Waals surface area (Å²) >= 11 is 3.38. The normalized spacial score (nSPS) is 24.0. The van der Waals surface area contributed by atoms with Crippen molar-refractivity contribution in [2.75, 3.05) is 16.3 Å². The van der Waals surface area contributed by atoms with Crippen molar-refractivity contribution < 1.29 is 23.9 Å². The number of hydrogen-bond acceptors (Lipinski definition) is 5. The van der Waals surface area contributed by atoms with Gasteiger partial charge in [0.25, 0.3) is 0 Å². The van der Waals surface area contributed by atoms with Crippen LogP contribution in [0.5, 0.6) is 5.75 Å². The zero-order chi connectivity index (χ0) is 24.9. The van der Waals surface area contributed by atoms with Crippen LogP contribution >= 0.6 is 15.9 Å². The van der Waals surface area contributed by atoms with Crippen molar-refractivity contribution in [2.45, 2.75) is 33.1 Å². The molecule has 2 heterocycles. The molecule has 7 nitrogen and oxygen atoms in total. The topological polar surface area (TPSA) is 84.0 Å². The fraction of sp³-hybridized carbons (Fsp3) is 0.333. The van der Waals surface area contributed by atoms with Gasteiger partial charge < -0.3 is 9.64 Å². The van der Waals surface area contributed by atoms with Gasteiger partial charge >= 0.3 is 5.97 Å². The second-order valence-corrected chi connectivity index (χ2v) is 10.4. The van der Waals surface area contributed by atoms with E-state index in [9.17, 15) is 19.2 Å². The predicted octanol–water partition coefficient (Wildman–Crippen LogP) is 4.56. The quantitative estimate of drug-likeness (QED) is 0.247. The highest BCUT2D eigenvalue weighted by atomic mass is 79.9. The highest BCUT2D eigenvalue weighted by Crippen LogP contribution is 2.41. The number of ether oxygens (including phenoxy) is 1. The van der Waals surface area contributed by atoms with Crippen LogP contribution in [0.1, 0.15) is 31.7 Å². The van der Waals surface area contributed by atoms with Crippen molar-refractivity contribution in [3.05, 3.63) is 64.1 Å². The van der Waals surface area contributed by atoms with E-state index in [4.69, 9.17) is 4.74 Å². The minimum absolute atomic E-state index is 0.0823. The van der Waals surface area contributed by atoms with Gasteiger partial charge in [0.2, 0.25) is 17.7 Å². The SMILES string of the molecule is CC1=CC[C@@H]2C(=O)N(c3ccc(OC(=O)[C@@H]4CC(=O)N(c5ccc(Br)cc5)C4)cc3C)C(=O)[C@@H]2C1. The maximum Gasteiger partial charge on any atom is 0.316 e. The molecule has 2 aliphatic heterocycles. The molecule has 0 unspecified atom stereocenters. The van der Waals surface area contributed by atoms with E-state index in [0.29, 0.717) is 29.8 Å². The molecule has 8 heteroatoms. The van der Waals surface area contributed by atoms with Gasteiger partial charge in [-0.05, 0) is 74.7 Å². The first-order valence-corrected chi connectivity index (χ1v) is 12.4. The van der Waals surface area contributed by atoms with Gasteiger partial charge in [0, 0.05) is 23.1 Å². The molecule has 3 aliphatic rings. The number of amides is 3. The van der Waals surface area contributed by atoms with E-state index in [0.717, 1.165) is 15.7 Å². The van der Waals surface area contributed by atoms with Crippen LogP contribution in [0.25, 0.3) is 0 Å². The lowest BCUT2D eigenvalue weighted by Crippen LogP contribution is -2.31. The Morgan fingerprint density at radius 1 is 0.971 bits per heavy atom. The average molecular weight is 537 g/mol. The molecule has 0 aromatic heterocycles. The largest absolute Gasteiger partial charge is 0.426 e. The number of esters is 1. The number of imide groups is 1. The lowest BCUT2D eigenvalue weighted by atomic mass is 9.82. The van der Waals surface area contributed by atoms with Gasteiger partial charge in [-0.3, -0.25) is 19.2 Å². The highest BCUT2D eigenvalue weighted by molar-refractivity contribution is 9.10. The van der Waals surface area contributed by atoms with E-state index >= 15 is 0 Å². The molecule has 3 atom stereocenters. The standard InChI is InChI=1S/C27H25BrN2O5/c1-15-3-9-21-22(11-15)26(33)30(25(21)32)23-10-8-20(12-16(23)2)35-27(34)17-13-24(31)29(14-17)19-6-4-18(28)5-7-19/h3-8,10,12,17,21-22H,9,11,13-14H2,1-2H3/t17-,21+,22-/m1/s1. The Bertz CT molecular complexity index is 1270. The Morgan fingerprint density at radius 2 is 1.69 bits per heavy atom. The van der Waals surface area contributed by atoms with Crippen molar-refractivity contribution >= 4 is 51.0 Å². The molecule has 1 aliphatic carbocycles. The first-order chi connectivity index (χ1) is 16.7. The Labute approximate surface area is 211 Å². The van der Waals surface area contributed by atoms with Crippen LogP contribution in [0.2, 0.25) is 0 Å². The molecule has 35 heavy (non-hydrogen) atoms. The van der Waals surface area contributed by atoms with Gasteiger partial charge in [0.05, 0.1) is 23.4 Å². The monoisotopic (exact) mass is 536 g/mol. The van der Waals surface area contributed by atoms with Crippen LogP contribution in [0.15, 0.2) is 58.6 Å². The number of rotatable bonds is 4. The summed E-state index contributed by atoms with van der Waals surface area (Å²) in [5, 5.41) is 0. The van der Waals surface area contributed by atoms with E-state index in [-0.39, 0.29) is 42.5 Å². The third-order valence-corrected chi connectivity index (χ3v) is 7.58. The zero-order valence-corrected chi connectivity index (χ0v) is 21.1. The molecule has 0 saturated carbocycles. The summed E-state index contributed by atoms with van der Waals surface area (Å²) in [6, 6.07) is 12.2. The Hall–Kier alpha value is -3.26. The molecule has 2 aromatic rings. The van der Waals surface area contributed by atoms with Crippen LogP contribution in [0, 0.1) is 24.7 Å². The van der Waals surface area contributed by atoms with E-state index in [1.807, 2.05) is 37.3 Å². The number of halogens is 1. The number of aryl methyl sites for hydroxylation is 1. The number of allylic oxidation sites excluding steroid dienone is 2. The van der Waals surface area contributed by atoms with Crippen LogP contribution < -0.4 is 14.5 Å². The molecule has 2 aromatic carbocycles. The van der Waals surface area contributed by atoms with Crippen molar-refractivity contribution in [3.8, 4) is 5.75 Å². The van der Waals surface area contributed by atoms with Crippen LogP contribution in [0.4, 0.5) is 11.4 Å². The second kappa shape index (κ2) is 9.07. The summed E-state index contributed by atoms with van der Waals surface area (Å²) in [6.45, 7) is 4.03. The molecule has 3 amide bonds. The minimum Gasteiger partial charge on any atom is -0.426 e. The van der Waals surface area contributed by atoms with E-state index < -0.39 is 11.9 Å². The van der Waals surface area contributed by atoms with E-state index in [1.165, 1.54) is 4.90 Å². The first-order valence-electron chi connectivity index (χ1n) is 11.6. The highest BCUT2D eigenvalue weighted by Gasteiger charge is 2.49. The minimum atomic E-state index is -0.577. The van der Waals surface area contributed by atoms with Crippen molar-refractivity contribution in [1.82, 2.24) is 0 Å². The molecule has 0 radical (unpaired) electrons. The summed E-state index contributed by atoms with van der Waals surface area (Å²) in [5.74, 6) is -1.82. The lowest BCUT2D eigenvalue weighted by molar-refractivity contribution is -0.139. The first kappa shape index (κ1) is 23.5. The third kappa shape index (κ3) is 4.31. The molecule has 0 N–H and O–H groups in total. The third-order valence-electron chi connectivity index (χ3n) is 7.05. The molecular formula is C27H25BrN2O5. The maximum atomic E-state index is 13.0. The molecule has 0 bridgehead atoms. The number of carbonyl (C=O) groups is 4. The van der Waals surface area contributed by atoms with Gasteiger partial charge in [-0.1, -0.05) is 27.6 Å². The van der Waals surface area contributed by atoms with Gasteiger partial charge in [-0.15, -0.1) is 0 Å². The number of hydrogen-bond donors (Lipinski definition) is 0. The second-order valence-electron chi connectivity index (χ2n) is 9.47. The maximum absolute atomic E-state index is 13.0.